The normalized spacial score (nSPS) is 22.9. The topological polar surface area (TPSA) is 41.5 Å². The van der Waals surface area contributed by atoms with Gasteiger partial charge in [0.25, 0.3) is 0 Å². The molecule has 1 fully saturated rings. The van der Waals surface area contributed by atoms with E-state index in [0.717, 1.165) is 18.9 Å². The average Bonchev–Trinajstić information content (AvgIpc) is 2.34. The lowest BCUT2D eigenvalue weighted by Crippen LogP contribution is -2.51. The van der Waals surface area contributed by atoms with Crippen LogP contribution in [0, 0.1) is 0 Å². The van der Waals surface area contributed by atoms with Gasteiger partial charge in [-0.25, -0.2) is 0 Å². The van der Waals surface area contributed by atoms with E-state index in [1.807, 2.05) is 0 Å². The van der Waals surface area contributed by atoms with Crippen molar-refractivity contribution in [2.45, 2.75) is 31.2 Å². The molecule has 0 amide bonds. The van der Waals surface area contributed by atoms with Crippen molar-refractivity contribution < 1.29 is 23.0 Å². The van der Waals surface area contributed by atoms with Crippen LogP contribution in [0.1, 0.15) is 18.4 Å². The van der Waals surface area contributed by atoms with E-state index in [0.29, 0.717) is 6.54 Å². The zero-order chi connectivity index (χ0) is 13.9. The van der Waals surface area contributed by atoms with Crippen molar-refractivity contribution in [1.29, 1.82) is 0 Å². The second kappa shape index (κ2) is 5.79. The van der Waals surface area contributed by atoms with Crippen molar-refractivity contribution >= 4 is 0 Å². The molecule has 2 rings (SSSR count). The molecule has 1 aromatic carbocycles. The molecule has 6 heteroatoms. The second-order valence-corrected chi connectivity index (χ2v) is 4.51. The molecule has 0 radical (unpaired) electrons. The van der Waals surface area contributed by atoms with E-state index in [2.05, 4.69) is 5.32 Å². The summed E-state index contributed by atoms with van der Waals surface area (Å²) in [5.41, 5.74) is -0.747. The smallest absolute Gasteiger partial charge is 0.419 e. The number of aliphatic hydroxyl groups is 1. The number of rotatable bonds is 5. The number of hydrogen-bond acceptors (Lipinski definition) is 3. The molecule has 2 N–H and O–H groups in total. The van der Waals surface area contributed by atoms with Crippen LogP contribution in [-0.2, 0) is 6.18 Å². The first-order valence-electron chi connectivity index (χ1n) is 6.19. The fourth-order valence-corrected chi connectivity index (χ4v) is 2.06. The van der Waals surface area contributed by atoms with Gasteiger partial charge in [0.05, 0.1) is 12.2 Å². The molecule has 0 heterocycles. The first kappa shape index (κ1) is 14.1. The largest absolute Gasteiger partial charge is 0.488 e. The fraction of sp³-hybridized carbons (Fsp3) is 0.538. The van der Waals surface area contributed by atoms with Crippen LogP contribution in [0.4, 0.5) is 13.2 Å². The standard InChI is InChI=1S/C13H16F3NO2/c14-13(15,16)9-3-1-2-4-11(9)19-12-6-5-10(12)17-7-8-18/h1-4,10,12,17-18H,5-8H2/t10-,12+/m1/s1. The summed E-state index contributed by atoms with van der Waals surface area (Å²) >= 11 is 0. The zero-order valence-electron chi connectivity index (χ0n) is 10.3. The Morgan fingerprint density at radius 2 is 2.00 bits per heavy atom. The molecule has 3 nitrogen and oxygen atoms in total. The maximum atomic E-state index is 12.8. The van der Waals surface area contributed by atoms with Gasteiger partial charge in [0.1, 0.15) is 11.9 Å². The van der Waals surface area contributed by atoms with Gasteiger partial charge >= 0.3 is 6.18 Å². The van der Waals surface area contributed by atoms with Crippen molar-refractivity contribution in [2.24, 2.45) is 0 Å². The molecule has 0 unspecified atom stereocenters. The Kier molecular flexibility index (Phi) is 4.31. The van der Waals surface area contributed by atoms with E-state index < -0.39 is 11.7 Å². The van der Waals surface area contributed by atoms with E-state index in [1.54, 1.807) is 0 Å². The van der Waals surface area contributed by atoms with Crippen LogP contribution in [0.5, 0.6) is 5.75 Å². The van der Waals surface area contributed by atoms with E-state index in [4.69, 9.17) is 9.84 Å². The number of nitrogens with one attached hydrogen (secondary N) is 1. The highest BCUT2D eigenvalue weighted by Gasteiger charge is 2.37. The Bertz CT molecular complexity index is 423. The molecule has 19 heavy (non-hydrogen) atoms. The summed E-state index contributed by atoms with van der Waals surface area (Å²) in [6, 6.07) is 5.24. The van der Waals surface area contributed by atoms with Gasteiger partial charge in [0.2, 0.25) is 0 Å². The van der Waals surface area contributed by atoms with Crippen LogP contribution < -0.4 is 10.1 Å². The predicted octanol–water partition coefficient (Wildman–Crippen LogP) is 2.20. The van der Waals surface area contributed by atoms with Gasteiger partial charge in [-0.1, -0.05) is 12.1 Å². The number of hydrogen-bond donors (Lipinski definition) is 2. The van der Waals surface area contributed by atoms with E-state index in [9.17, 15) is 13.2 Å². The summed E-state index contributed by atoms with van der Waals surface area (Å²) in [6.07, 6.45) is -3.11. The molecular formula is C13H16F3NO2. The first-order chi connectivity index (χ1) is 9.02. The molecule has 0 aromatic heterocycles. The highest BCUT2D eigenvalue weighted by Crippen LogP contribution is 2.37. The zero-order valence-corrected chi connectivity index (χ0v) is 10.3. The van der Waals surface area contributed by atoms with Gasteiger partial charge in [0.15, 0.2) is 0 Å². The fourth-order valence-electron chi connectivity index (χ4n) is 2.06. The van der Waals surface area contributed by atoms with Gasteiger partial charge in [-0.2, -0.15) is 13.2 Å². The molecule has 1 aliphatic rings. The molecule has 1 aliphatic carbocycles. The Labute approximate surface area is 109 Å². The lowest BCUT2D eigenvalue weighted by Gasteiger charge is -2.37. The maximum absolute atomic E-state index is 12.8. The van der Waals surface area contributed by atoms with Crippen LogP contribution in [-0.4, -0.2) is 30.4 Å². The van der Waals surface area contributed by atoms with Crippen LogP contribution in [0.3, 0.4) is 0 Å². The summed E-state index contributed by atoms with van der Waals surface area (Å²) in [6.45, 7) is 0.424. The minimum atomic E-state index is -4.41. The monoisotopic (exact) mass is 275 g/mol. The summed E-state index contributed by atoms with van der Waals surface area (Å²) in [5, 5.41) is 11.8. The Balaban J connectivity index is 2.03. The molecule has 0 aliphatic heterocycles. The molecule has 106 valence electrons. The number of ether oxygens (including phenoxy) is 1. The molecule has 0 spiro atoms. The number of para-hydroxylation sites is 1. The minimum absolute atomic E-state index is 0.00234. The van der Waals surface area contributed by atoms with E-state index in [1.165, 1.54) is 18.2 Å². The Morgan fingerprint density at radius 1 is 1.26 bits per heavy atom. The number of halogens is 3. The van der Waals surface area contributed by atoms with Gasteiger partial charge < -0.3 is 15.2 Å². The van der Waals surface area contributed by atoms with Crippen molar-refractivity contribution in [2.75, 3.05) is 13.2 Å². The van der Waals surface area contributed by atoms with Crippen molar-refractivity contribution in [3.8, 4) is 5.75 Å². The summed E-state index contributed by atoms with van der Waals surface area (Å²) in [7, 11) is 0. The van der Waals surface area contributed by atoms with Gasteiger partial charge in [-0.3, -0.25) is 0 Å². The van der Waals surface area contributed by atoms with Gasteiger partial charge in [0, 0.05) is 12.6 Å². The number of benzene rings is 1. The molecule has 1 aromatic rings. The number of alkyl halides is 3. The highest BCUT2D eigenvalue weighted by atomic mass is 19.4. The summed E-state index contributed by atoms with van der Waals surface area (Å²) < 4.78 is 43.8. The van der Waals surface area contributed by atoms with E-state index >= 15 is 0 Å². The predicted molar refractivity (Wildman–Crippen MR) is 64.0 cm³/mol. The van der Waals surface area contributed by atoms with Crippen LogP contribution in [0.2, 0.25) is 0 Å². The first-order valence-corrected chi connectivity index (χ1v) is 6.19. The number of aliphatic hydroxyl groups excluding tert-OH is 1. The highest BCUT2D eigenvalue weighted by molar-refractivity contribution is 5.36. The maximum Gasteiger partial charge on any atom is 0.419 e. The second-order valence-electron chi connectivity index (χ2n) is 4.51. The molecule has 0 saturated heterocycles. The van der Waals surface area contributed by atoms with Crippen molar-refractivity contribution in [1.82, 2.24) is 5.32 Å². The molecular weight excluding hydrogens is 259 g/mol. The summed E-state index contributed by atoms with van der Waals surface area (Å²) in [5.74, 6) is -0.129. The molecule has 0 bridgehead atoms. The lowest BCUT2D eigenvalue weighted by atomic mass is 9.89. The molecule has 1 saturated carbocycles. The van der Waals surface area contributed by atoms with Crippen LogP contribution >= 0.6 is 0 Å². The lowest BCUT2D eigenvalue weighted by molar-refractivity contribution is -0.139. The third kappa shape index (κ3) is 3.39. The van der Waals surface area contributed by atoms with E-state index in [-0.39, 0.29) is 24.5 Å². The van der Waals surface area contributed by atoms with Gasteiger partial charge in [-0.05, 0) is 25.0 Å². The quantitative estimate of drug-likeness (QED) is 0.865. The Hall–Kier alpha value is -1.27. The van der Waals surface area contributed by atoms with Crippen LogP contribution in [0.15, 0.2) is 24.3 Å². The van der Waals surface area contributed by atoms with Crippen molar-refractivity contribution in [3.05, 3.63) is 29.8 Å². The summed E-state index contributed by atoms with van der Waals surface area (Å²) in [4.78, 5) is 0. The van der Waals surface area contributed by atoms with Crippen LogP contribution in [0.25, 0.3) is 0 Å². The molecule has 2 atom stereocenters. The van der Waals surface area contributed by atoms with Gasteiger partial charge in [-0.15, -0.1) is 0 Å². The SMILES string of the molecule is OCCN[C@@H]1CC[C@@H]1Oc1ccccc1C(F)(F)F. The average molecular weight is 275 g/mol. The minimum Gasteiger partial charge on any atom is -0.488 e. The Morgan fingerprint density at radius 3 is 2.58 bits per heavy atom. The third-order valence-electron chi connectivity index (χ3n) is 3.20. The van der Waals surface area contributed by atoms with Crippen molar-refractivity contribution in [3.63, 3.8) is 0 Å². The third-order valence-corrected chi connectivity index (χ3v) is 3.20.